The zero-order chi connectivity index (χ0) is 12.4. The first-order chi connectivity index (χ1) is 8.06. The molecular formula is C12H10ClFN2O. The van der Waals surface area contributed by atoms with Gasteiger partial charge in [0.2, 0.25) is 0 Å². The molecule has 5 heteroatoms. The van der Waals surface area contributed by atoms with Crippen LogP contribution in [-0.4, -0.2) is 10.9 Å². The second-order valence-electron chi connectivity index (χ2n) is 3.67. The Morgan fingerprint density at radius 1 is 1.41 bits per heavy atom. The number of carbonyl (C=O) groups is 1. The lowest BCUT2D eigenvalue weighted by Gasteiger charge is -2.05. The second kappa shape index (κ2) is 4.59. The van der Waals surface area contributed by atoms with Gasteiger partial charge in [0.1, 0.15) is 11.5 Å². The van der Waals surface area contributed by atoms with Crippen LogP contribution in [0.4, 0.5) is 10.1 Å². The third kappa shape index (κ3) is 2.65. The lowest BCUT2D eigenvalue weighted by molar-refractivity contribution is 0.102. The molecular weight excluding hydrogens is 243 g/mol. The van der Waals surface area contributed by atoms with E-state index in [2.05, 4.69) is 10.3 Å². The SMILES string of the molecule is Cc1ccc(NC(=O)c2cc(Cl)c[nH]2)c(F)c1. The molecule has 0 atom stereocenters. The number of amides is 1. The predicted octanol–water partition coefficient (Wildman–Crippen LogP) is 3.37. The van der Waals surface area contributed by atoms with E-state index in [0.29, 0.717) is 5.02 Å². The normalized spacial score (nSPS) is 10.3. The van der Waals surface area contributed by atoms with Gasteiger partial charge < -0.3 is 10.3 Å². The van der Waals surface area contributed by atoms with Crippen LogP contribution in [0.5, 0.6) is 0 Å². The summed E-state index contributed by atoms with van der Waals surface area (Å²) >= 11 is 5.67. The number of hydrogen-bond acceptors (Lipinski definition) is 1. The first-order valence-corrected chi connectivity index (χ1v) is 5.35. The quantitative estimate of drug-likeness (QED) is 0.846. The van der Waals surface area contributed by atoms with Gasteiger partial charge in [0.05, 0.1) is 10.7 Å². The monoisotopic (exact) mass is 252 g/mol. The first-order valence-electron chi connectivity index (χ1n) is 4.97. The fourth-order valence-electron chi connectivity index (χ4n) is 1.41. The van der Waals surface area contributed by atoms with E-state index in [1.807, 2.05) is 0 Å². The van der Waals surface area contributed by atoms with Crippen LogP contribution in [-0.2, 0) is 0 Å². The van der Waals surface area contributed by atoms with Crippen LogP contribution in [0.25, 0.3) is 0 Å². The van der Waals surface area contributed by atoms with Gasteiger partial charge in [0, 0.05) is 6.20 Å². The molecule has 0 saturated heterocycles. The van der Waals surface area contributed by atoms with Crippen LogP contribution < -0.4 is 5.32 Å². The van der Waals surface area contributed by atoms with E-state index in [0.717, 1.165) is 5.56 Å². The van der Waals surface area contributed by atoms with Gasteiger partial charge in [-0.15, -0.1) is 0 Å². The molecule has 1 amide bonds. The minimum atomic E-state index is -0.462. The topological polar surface area (TPSA) is 44.9 Å². The summed E-state index contributed by atoms with van der Waals surface area (Å²) < 4.78 is 13.5. The Kier molecular flexibility index (Phi) is 3.15. The summed E-state index contributed by atoms with van der Waals surface area (Å²) in [5, 5.41) is 2.89. The highest BCUT2D eigenvalue weighted by molar-refractivity contribution is 6.31. The smallest absolute Gasteiger partial charge is 0.272 e. The fourth-order valence-corrected chi connectivity index (χ4v) is 1.57. The molecule has 1 heterocycles. The summed E-state index contributed by atoms with van der Waals surface area (Å²) in [6.07, 6.45) is 1.49. The number of H-pyrrole nitrogens is 1. The molecule has 0 radical (unpaired) electrons. The molecule has 0 bridgehead atoms. The number of nitrogens with one attached hydrogen (secondary N) is 2. The van der Waals surface area contributed by atoms with Gasteiger partial charge in [0.15, 0.2) is 0 Å². The van der Waals surface area contributed by atoms with E-state index in [-0.39, 0.29) is 11.4 Å². The van der Waals surface area contributed by atoms with Crippen molar-refractivity contribution in [2.45, 2.75) is 6.92 Å². The van der Waals surface area contributed by atoms with Crippen LogP contribution in [0.3, 0.4) is 0 Å². The van der Waals surface area contributed by atoms with E-state index < -0.39 is 11.7 Å². The Morgan fingerprint density at radius 2 is 2.18 bits per heavy atom. The van der Waals surface area contributed by atoms with E-state index in [9.17, 15) is 9.18 Å². The molecule has 1 aromatic heterocycles. The zero-order valence-corrected chi connectivity index (χ0v) is 9.81. The standard InChI is InChI=1S/C12H10ClFN2O/c1-7-2-3-10(9(14)4-7)16-12(17)11-5-8(13)6-15-11/h2-6,15H,1H3,(H,16,17). The van der Waals surface area contributed by atoms with Crippen molar-refractivity contribution in [2.75, 3.05) is 5.32 Å². The average Bonchev–Trinajstić information content (AvgIpc) is 2.69. The fraction of sp³-hybridized carbons (Fsp3) is 0.0833. The second-order valence-corrected chi connectivity index (χ2v) is 4.11. The molecule has 0 aliphatic rings. The molecule has 88 valence electrons. The summed E-state index contributed by atoms with van der Waals surface area (Å²) in [7, 11) is 0. The van der Waals surface area contributed by atoms with Crippen molar-refractivity contribution in [3.8, 4) is 0 Å². The maximum atomic E-state index is 13.5. The van der Waals surface area contributed by atoms with Crippen molar-refractivity contribution in [3.05, 3.63) is 52.6 Å². The largest absolute Gasteiger partial charge is 0.356 e. The van der Waals surface area contributed by atoms with E-state index >= 15 is 0 Å². The predicted molar refractivity (Wildman–Crippen MR) is 64.9 cm³/mol. The summed E-state index contributed by atoms with van der Waals surface area (Å²) in [6, 6.07) is 6.08. The van der Waals surface area contributed by atoms with Crippen molar-refractivity contribution < 1.29 is 9.18 Å². The molecule has 2 N–H and O–H groups in total. The summed E-state index contributed by atoms with van der Waals surface area (Å²) in [6.45, 7) is 1.78. The number of carbonyl (C=O) groups excluding carboxylic acids is 1. The Labute approximate surface area is 103 Å². The lowest BCUT2D eigenvalue weighted by atomic mass is 10.2. The molecule has 2 rings (SSSR count). The minimum absolute atomic E-state index is 0.145. The van der Waals surface area contributed by atoms with Crippen molar-refractivity contribution >= 4 is 23.2 Å². The molecule has 0 saturated carbocycles. The Morgan fingerprint density at radius 3 is 2.76 bits per heavy atom. The maximum absolute atomic E-state index is 13.5. The number of anilines is 1. The third-order valence-corrected chi connectivity index (χ3v) is 2.48. The third-order valence-electron chi connectivity index (χ3n) is 2.27. The highest BCUT2D eigenvalue weighted by Crippen LogP contribution is 2.17. The Bertz CT molecular complexity index is 565. The molecule has 0 unspecified atom stereocenters. The summed E-state index contributed by atoms with van der Waals surface area (Å²) in [4.78, 5) is 14.4. The van der Waals surface area contributed by atoms with Crippen molar-refractivity contribution in [2.24, 2.45) is 0 Å². The molecule has 1 aromatic carbocycles. The molecule has 0 spiro atoms. The van der Waals surface area contributed by atoms with E-state index in [1.54, 1.807) is 13.0 Å². The van der Waals surface area contributed by atoms with Gasteiger partial charge in [0.25, 0.3) is 5.91 Å². The number of aryl methyl sites for hydroxylation is 1. The number of benzene rings is 1. The molecule has 0 aliphatic heterocycles. The average molecular weight is 253 g/mol. The van der Waals surface area contributed by atoms with E-state index in [4.69, 9.17) is 11.6 Å². The van der Waals surface area contributed by atoms with Crippen molar-refractivity contribution in [3.63, 3.8) is 0 Å². The van der Waals surface area contributed by atoms with Crippen molar-refractivity contribution in [1.29, 1.82) is 0 Å². The van der Waals surface area contributed by atoms with Gasteiger partial charge in [-0.05, 0) is 30.7 Å². The Hall–Kier alpha value is -1.81. The van der Waals surface area contributed by atoms with Gasteiger partial charge in [-0.3, -0.25) is 4.79 Å². The molecule has 0 fully saturated rings. The zero-order valence-electron chi connectivity index (χ0n) is 9.05. The number of aromatic nitrogens is 1. The lowest BCUT2D eigenvalue weighted by Crippen LogP contribution is -2.13. The van der Waals surface area contributed by atoms with E-state index in [1.165, 1.54) is 24.4 Å². The molecule has 2 aromatic rings. The van der Waals surface area contributed by atoms with Gasteiger partial charge in [-0.1, -0.05) is 17.7 Å². The maximum Gasteiger partial charge on any atom is 0.272 e. The van der Waals surface area contributed by atoms with Crippen LogP contribution in [0.15, 0.2) is 30.5 Å². The number of rotatable bonds is 2. The number of hydrogen-bond donors (Lipinski definition) is 2. The summed E-state index contributed by atoms with van der Waals surface area (Å²) in [5.74, 6) is -0.893. The number of halogens is 2. The minimum Gasteiger partial charge on any atom is -0.356 e. The highest BCUT2D eigenvalue weighted by atomic mass is 35.5. The number of aromatic amines is 1. The van der Waals surface area contributed by atoms with Crippen LogP contribution in [0.2, 0.25) is 5.02 Å². The Balaban J connectivity index is 2.18. The highest BCUT2D eigenvalue weighted by Gasteiger charge is 2.10. The van der Waals surface area contributed by atoms with Gasteiger partial charge >= 0.3 is 0 Å². The van der Waals surface area contributed by atoms with Crippen molar-refractivity contribution in [1.82, 2.24) is 4.98 Å². The first kappa shape index (κ1) is 11.7. The van der Waals surface area contributed by atoms with Gasteiger partial charge in [-0.2, -0.15) is 0 Å². The van der Waals surface area contributed by atoms with Crippen LogP contribution in [0, 0.1) is 12.7 Å². The summed E-state index contributed by atoms with van der Waals surface area (Å²) in [5.41, 5.74) is 1.23. The molecule has 17 heavy (non-hydrogen) atoms. The van der Waals surface area contributed by atoms with Gasteiger partial charge in [-0.25, -0.2) is 4.39 Å². The van der Waals surface area contributed by atoms with Crippen LogP contribution >= 0.6 is 11.6 Å². The van der Waals surface area contributed by atoms with Crippen LogP contribution in [0.1, 0.15) is 16.1 Å². The molecule has 0 aliphatic carbocycles. The molecule has 3 nitrogen and oxygen atoms in total.